The Morgan fingerprint density at radius 2 is 1.71 bits per heavy atom. The van der Waals surface area contributed by atoms with Crippen molar-refractivity contribution in [1.82, 2.24) is 10.2 Å². The largest absolute Gasteiger partial charge is 0.480 e. The molecule has 1 fully saturated rings. The smallest absolute Gasteiger partial charge is 0.407 e. The number of nitrogens with zero attached hydrogens (tertiary/aromatic N) is 1. The molecule has 0 bridgehead atoms. The summed E-state index contributed by atoms with van der Waals surface area (Å²) in [5.41, 5.74) is 4.51. The summed E-state index contributed by atoms with van der Waals surface area (Å²) in [5.74, 6) is -0.490. The zero-order valence-corrected chi connectivity index (χ0v) is 20.1. The molecule has 0 saturated heterocycles. The molecule has 7 nitrogen and oxygen atoms in total. The molecule has 2 aromatic rings. The Kier molecular flexibility index (Phi) is 7.77. The Hall–Kier alpha value is -3.00. The Labute approximate surface area is 203 Å². The number of hydrogen-bond donors (Lipinski definition) is 2. The van der Waals surface area contributed by atoms with Crippen molar-refractivity contribution >= 4 is 29.7 Å². The van der Waals surface area contributed by atoms with E-state index in [9.17, 15) is 19.5 Å². The van der Waals surface area contributed by atoms with E-state index < -0.39 is 18.1 Å². The number of hydrogen-bond acceptors (Lipinski definition) is 5. The average molecular weight is 483 g/mol. The number of fused-ring (bicyclic) bond motifs is 3. The summed E-state index contributed by atoms with van der Waals surface area (Å²) in [5, 5.41) is 12.0. The number of carboxylic acid groups (broad SMARTS) is 1. The molecule has 0 aliphatic heterocycles. The molecule has 2 aliphatic rings. The molecule has 2 N–H and O–H groups in total. The molecule has 4 rings (SSSR count). The Balaban J connectivity index is 1.42. The first-order valence-corrected chi connectivity index (χ1v) is 13.0. The number of rotatable bonds is 11. The molecular formula is C26H30N2O5S. The third-order valence-electron chi connectivity index (χ3n) is 6.36. The van der Waals surface area contributed by atoms with Crippen molar-refractivity contribution in [2.45, 2.75) is 31.2 Å². The molecule has 180 valence electrons. The summed E-state index contributed by atoms with van der Waals surface area (Å²) in [6.07, 6.45) is 3.67. The highest BCUT2D eigenvalue weighted by Crippen LogP contribution is 2.44. The Bertz CT molecular complexity index is 1010. The van der Waals surface area contributed by atoms with Crippen LogP contribution in [0.2, 0.25) is 0 Å². The lowest BCUT2D eigenvalue weighted by Crippen LogP contribution is -2.51. The van der Waals surface area contributed by atoms with Gasteiger partial charge in [0.1, 0.15) is 19.2 Å². The van der Waals surface area contributed by atoms with E-state index in [1.54, 1.807) is 11.8 Å². The maximum absolute atomic E-state index is 13.2. The summed E-state index contributed by atoms with van der Waals surface area (Å²) < 4.78 is 5.61. The van der Waals surface area contributed by atoms with Crippen LogP contribution in [0.4, 0.5) is 4.79 Å². The zero-order valence-electron chi connectivity index (χ0n) is 19.2. The monoisotopic (exact) mass is 482 g/mol. The fraction of sp³-hybridized carbons (Fsp3) is 0.423. The van der Waals surface area contributed by atoms with Gasteiger partial charge < -0.3 is 20.1 Å². The fourth-order valence-corrected chi connectivity index (χ4v) is 4.98. The van der Waals surface area contributed by atoms with Crippen LogP contribution in [0.1, 0.15) is 36.3 Å². The van der Waals surface area contributed by atoms with Gasteiger partial charge in [-0.05, 0) is 59.4 Å². The van der Waals surface area contributed by atoms with E-state index in [0.717, 1.165) is 35.1 Å². The SMILES string of the molecule is CSCC[C@@H](NC(=O)OCC1c2ccccc2-c2ccccc21)C(=O)N(CC(=O)O)CC1CC1. The maximum atomic E-state index is 13.2. The number of thioether (sulfide) groups is 1. The quantitative estimate of drug-likeness (QED) is 0.503. The second-order valence-corrected chi connectivity index (χ2v) is 9.85. The first-order chi connectivity index (χ1) is 16.5. The number of carboxylic acids is 1. The van der Waals surface area contributed by atoms with Gasteiger partial charge in [-0.2, -0.15) is 11.8 Å². The molecule has 2 amide bonds. The van der Waals surface area contributed by atoms with Gasteiger partial charge in [-0.1, -0.05) is 48.5 Å². The molecule has 8 heteroatoms. The second kappa shape index (κ2) is 11.0. The van der Waals surface area contributed by atoms with Crippen molar-refractivity contribution in [3.05, 3.63) is 59.7 Å². The van der Waals surface area contributed by atoms with Crippen LogP contribution in [0.5, 0.6) is 0 Å². The molecule has 34 heavy (non-hydrogen) atoms. The number of aliphatic carboxylic acids is 1. The minimum Gasteiger partial charge on any atom is -0.480 e. The number of amides is 2. The second-order valence-electron chi connectivity index (χ2n) is 8.86. The minimum absolute atomic E-state index is 0.0723. The first kappa shape index (κ1) is 24.1. The van der Waals surface area contributed by atoms with Crippen molar-refractivity contribution in [2.75, 3.05) is 31.7 Å². The van der Waals surface area contributed by atoms with Crippen molar-refractivity contribution < 1.29 is 24.2 Å². The van der Waals surface area contributed by atoms with Crippen molar-refractivity contribution in [1.29, 1.82) is 0 Å². The number of carbonyl (C=O) groups is 3. The number of ether oxygens (including phenoxy) is 1. The van der Waals surface area contributed by atoms with Gasteiger partial charge in [0.25, 0.3) is 0 Å². The summed E-state index contributed by atoms with van der Waals surface area (Å²) >= 11 is 1.57. The molecule has 0 aromatic heterocycles. The van der Waals surface area contributed by atoms with Crippen LogP contribution in [-0.4, -0.2) is 65.7 Å². The molecule has 2 aromatic carbocycles. The number of alkyl carbamates (subject to hydrolysis) is 1. The van der Waals surface area contributed by atoms with Gasteiger partial charge in [-0.3, -0.25) is 9.59 Å². The predicted octanol–water partition coefficient (Wildman–Crippen LogP) is 3.97. The lowest BCUT2D eigenvalue weighted by atomic mass is 9.98. The highest BCUT2D eigenvalue weighted by Gasteiger charge is 2.33. The molecule has 0 radical (unpaired) electrons. The van der Waals surface area contributed by atoms with Crippen LogP contribution >= 0.6 is 11.8 Å². The molecular weight excluding hydrogens is 452 g/mol. The normalized spacial score (nSPS) is 15.2. The average Bonchev–Trinajstić information content (AvgIpc) is 3.59. The van der Waals surface area contributed by atoms with E-state index in [0.29, 0.717) is 24.6 Å². The van der Waals surface area contributed by atoms with Gasteiger partial charge in [0.05, 0.1) is 0 Å². The Morgan fingerprint density at radius 1 is 1.09 bits per heavy atom. The van der Waals surface area contributed by atoms with Crippen LogP contribution < -0.4 is 5.32 Å². The standard InChI is InChI=1S/C26H30N2O5S/c1-34-13-12-23(25(31)28(15-24(29)30)14-17-10-11-17)27-26(32)33-16-22-20-8-4-2-6-18(20)19-7-3-5-9-21(19)22/h2-9,17,22-23H,10-16H2,1H3,(H,27,32)(H,29,30)/t23-/m1/s1. The number of carbonyl (C=O) groups excluding carboxylic acids is 2. The van der Waals surface area contributed by atoms with Gasteiger partial charge in [-0.25, -0.2) is 4.79 Å². The molecule has 1 atom stereocenters. The van der Waals surface area contributed by atoms with E-state index in [1.165, 1.54) is 4.90 Å². The van der Waals surface area contributed by atoms with Crippen molar-refractivity contribution in [3.8, 4) is 11.1 Å². The minimum atomic E-state index is -1.06. The highest BCUT2D eigenvalue weighted by molar-refractivity contribution is 7.98. The maximum Gasteiger partial charge on any atom is 0.407 e. The molecule has 0 heterocycles. The molecule has 2 aliphatic carbocycles. The molecule has 1 saturated carbocycles. The van der Waals surface area contributed by atoms with E-state index in [4.69, 9.17) is 4.74 Å². The summed E-state index contributed by atoms with van der Waals surface area (Å²) in [6, 6.07) is 15.4. The lowest BCUT2D eigenvalue weighted by Gasteiger charge is -2.26. The third-order valence-corrected chi connectivity index (χ3v) is 7.00. The number of nitrogens with one attached hydrogen (secondary N) is 1. The summed E-state index contributed by atoms with van der Waals surface area (Å²) in [4.78, 5) is 38.6. The topological polar surface area (TPSA) is 95.9 Å². The van der Waals surface area contributed by atoms with E-state index in [1.807, 2.05) is 42.7 Å². The molecule has 0 unspecified atom stereocenters. The van der Waals surface area contributed by atoms with Crippen molar-refractivity contribution in [3.63, 3.8) is 0 Å². The lowest BCUT2D eigenvalue weighted by molar-refractivity contribution is -0.145. The van der Waals surface area contributed by atoms with Crippen LogP contribution in [-0.2, 0) is 14.3 Å². The van der Waals surface area contributed by atoms with Gasteiger partial charge in [0.15, 0.2) is 0 Å². The van der Waals surface area contributed by atoms with Crippen LogP contribution in [0.15, 0.2) is 48.5 Å². The summed E-state index contributed by atoms with van der Waals surface area (Å²) in [7, 11) is 0. The summed E-state index contributed by atoms with van der Waals surface area (Å²) in [6.45, 7) is 0.203. The first-order valence-electron chi connectivity index (χ1n) is 11.6. The van der Waals surface area contributed by atoms with Gasteiger partial charge >= 0.3 is 12.1 Å². The van der Waals surface area contributed by atoms with E-state index >= 15 is 0 Å². The van der Waals surface area contributed by atoms with E-state index in [-0.39, 0.29) is 25.0 Å². The van der Waals surface area contributed by atoms with E-state index in [2.05, 4.69) is 17.4 Å². The van der Waals surface area contributed by atoms with Gasteiger partial charge in [0, 0.05) is 12.5 Å². The Morgan fingerprint density at radius 3 is 2.26 bits per heavy atom. The van der Waals surface area contributed by atoms with Gasteiger partial charge in [-0.15, -0.1) is 0 Å². The molecule has 0 spiro atoms. The number of benzene rings is 2. The highest BCUT2D eigenvalue weighted by atomic mass is 32.2. The van der Waals surface area contributed by atoms with Crippen LogP contribution in [0.25, 0.3) is 11.1 Å². The zero-order chi connectivity index (χ0) is 24.1. The van der Waals surface area contributed by atoms with Crippen molar-refractivity contribution in [2.24, 2.45) is 5.92 Å². The van der Waals surface area contributed by atoms with Gasteiger partial charge in [0.2, 0.25) is 5.91 Å². The predicted molar refractivity (Wildman–Crippen MR) is 132 cm³/mol. The fourth-order valence-electron chi connectivity index (χ4n) is 4.50. The van der Waals surface area contributed by atoms with Crippen LogP contribution in [0, 0.1) is 5.92 Å². The third kappa shape index (κ3) is 5.73. The van der Waals surface area contributed by atoms with Crippen LogP contribution in [0.3, 0.4) is 0 Å².